The molecule has 0 unspecified atom stereocenters. The summed E-state index contributed by atoms with van der Waals surface area (Å²) in [7, 11) is 3.04. The van der Waals surface area contributed by atoms with Gasteiger partial charge in [0, 0.05) is 5.56 Å². The Kier molecular flexibility index (Phi) is 5.96. The number of carbonyl (C=O) groups excluding carboxylic acids is 1. The lowest BCUT2D eigenvalue weighted by atomic mass is 10.1. The van der Waals surface area contributed by atoms with Crippen LogP contribution >= 0.6 is 0 Å². The van der Waals surface area contributed by atoms with Crippen molar-refractivity contribution in [3.8, 4) is 11.5 Å². The predicted molar refractivity (Wildman–Crippen MR) is 101 cm³/mol. The maximum Gasteiger partial charge on any atom is 0.258 e. The second-order valence-electron chi connectivity index (χ2n) is 6.89. The fourth-order valence-corrected chi connectivity index (χ4v) is 3.47. The van der Waals surface area contributed by atoms with Crippen molar-refractivity contribution in [2.45, 2.75) is 13.5 Å². The van der Waals surface area contributed by atoms with Gasteiger partial charge in [-0.15, -0.1) is 0 Å². The van der Waals surface area contributed by atoms with Crippen LogP contribution in [-0.4, -0.2) is 51.2 Å². The summed E-state index contributed by atoms with van der Waals surface area (Å²) < 4.78 is 24.2. The third-order valence-electron chi connectivity index (χ3n) is 5.01. The Bertz CT molecular complexity index is 817. The fraction of sp³-hybridized carbons (Fsp3) is 0.381. The molecule has 0 aliphatic carbocycles. The lowest BCUT2D eigenvalue weighted by Gasteiger charge is -2.32. The summed E-state index contributed by atoms with van der Waals surface area (Å²) in [5.74, 6) is 0.533. The number of nitrogens with one attached hydrogen (secondary N) is 1. The Morgan fingerprint density at radius 2 is 1.74 bits per heavy atom. The molecule has 1 saturated heterocycles. The second kappa shape index (κ2) is 8.39. The standard InChI is InChI=1S/C21H25FN2O3/c1-15-4-6-19(26-2)17(12-15)21(25)24-10-8-23(9-11-24)14-16-5-7-20(27-3)18(22)13-16/h4-7,12-13H,8-11,14H2,1-3H3/p+1. The first-order valence-electron chi connectivity index (χ1n) is 9.11. The zero-order valence-corrected chi connectivity index (χ0v) is 16.0. The van der Waals surface area contributed by atoms with E-state index in [0.29, 0.717) is 24.4 Å². The third kappa shape index (κ3) is 4.39. The number of quaternary nitrogens is 1. The lowest BCUT2D eigenvalue weighted by Crippen LogP contribution is -3.13. The van der Waals surface area contributed by atoms with Crippen molar-refractivity contribution in [1.82, 2.24) is 4.90 Å². The van der Waals surface area contributed by atoms with Crippen LogP contribution in [0.25, 0.3) is 0 Å². The van der Waals surface area contributed by atoms with Gasteiger partial charge in [0.15, 0.2) is 11.6 Å². The molecular weight excluding hydrogens is 347 g/mol. The molecule has 27 heavy (non-hydrogen) atoms. The van der Waals surface area contributed by atoms with Crippen LogP contribution in [0.5, 0.6) is 11.5 Å². The summed E-state index contributed by atoms with van der Waals surface area (Å²) in [6.07, 6.45) is 0. The molecule has 1 fully saturated rings. The molecule has 2 aromatic carbocycles. The van der Waals surface area contributed by atoms with E-state index < -0.39 is 0 Å². The smallest absolute Gasteiger partial charge is 0.258 e. The van der Waals surface area contributed by atoms with E-state index in [-0.39, 0.29) is 17.5 Å². The van der Waals surface area contributed by atoms with Crippen molar-refractivity contribution in [3.63, 3.8) is 0 Å². The average molecular weight is 373 g/mol. The van der Waals surface area contributed by atoms with Gasteiger partial charge in [-0.1, -0.05) is 11.6 Å². The zero-order valence-electron chi connectivity index (χ0n) is 16.0. The van der Waals surface area contributed by atoms with Crippen LogP contribution < -0.4 is 14.4 Å². The molecule has 1 aliphatic heterocycles. The molecule has 1 aliphatic rings. The molecule has 3 rings (SSSR count). The van der Waals surface area contributed by atoms with Crippen molar-refractivity contribution in [2.24, 2.45) is 0 Å². The Morgan fingerprint density at radius 1 is 1.07 bits per heavy atom. The van der Waals surface area contributed by atoms with Crippen LogP contribution in [0.3, 0.4) is 0 Å². The van der Waals surface area contributed by atoms with Gasteiger partial charge in [0.2, 0.25) is 0 Å². The Hall–Kier alpha value is -2.60. The normalized spacial score (nSPS) is 14.9. The van der Waals surface area contributed by atoms with Crippen LogP contribution in [0.4, 0.5) is 4.39 Å². The van der Waals surface area contributed by atoms with E-state index in [9.17, 15) is 9.18 Å². The van der Waals surface area contributed by atoms with Gasteiger partial charge in [-0.3, -0.25) is 4.79 Å². The highest BCUT2D eigenvalue weighted by Crippen LogP contribution is 2.21. The monoisotopic (exact) mass is 373 g/mol. The molecule has 5 nitrogen and oxygen atoms in total. The molecule has 1 N–H and O–H groups in total. The molecule has 144 valence electrons. The van der Waals surface area contributed by atoms with Gasteiger partial charge in [-0.2, -0.15) is 0 Å². The average Bonchev–Trinajstić information content (AvgIpc) is 2.68. The third-order valence-corrected chi connectivity index (χ3v) is 5.01. The molecule has 1 heterocycles. The first-order chi connectivity index (χ1) is 13.0. The van der Waals surface area contributed by atoms with Crippen molar-refractivity contribution >= 4 is 5.91 Å². The molecule has 0 bridgehead atoms. The van der Waals surface area contributed by atoms with E-state index in [1.165, 1.54) is 18.1 Å². The zero-order chi connectivity index (χ0) is 19.4. The maximum atomic E-state index is 13.9. The van der Waals surface area contributed by atoms with Gasteiger partial charge in [-0.25, -0.2) is 4.39 Å². The highest BCUT2D eigenvalue weighted by molar-refractivity contribution is 5.97. The molecular formula is C21H26FN2O3+. The molecule has 6 heteroatoms. The quantitative estimate of drug-likeness (QED) is 0.868. The van der Waals surface area contributed by atoms with Gasteiger partial charge in [0.1, 0.15) is 12.3 Å². The van der Waals surface area contributed by atoms with Crippen LogP contribution in [0.15, 0.2) is 36.4 Å². The van der Waals surface area contributed by atoms with E-state index in [1.54, 1.807) is 13.2 Å². The SMILES string of the molecule is COc1ccc(C[NH+]2CCN(C(=O)c3cc(C)ccc3OC)CC2)cc1F. The van der Waals surface area contributed by atoms with E-state index in [0.717, 1.165) is 30.8 Å². The number of rotatable bonds is 5. The van der Waals surface area contributed by atoms with Crippen LogP contribution in [-0.2, 0) is 6.54 Å². The van der Waals surface area contributed by atoms with E-state index in [4.69, 9.17) is 9.47 Å². The van der Waals surface area contributed by atoms with Crippen molar-refractivity contribution in [1.29, 1.82) is 0 Å². The van der Waals surface area contributed by atoms with Crippen LogP contribution in [0.2, 0.25) is 0 Å². The minimum absolute atomic E-state index is 0.00471. The number of aryl methyl sites for hydroxylation is 1. The lowest BCUT2D eigenvalue weighted by molar-refractivity contribution is -0.917. The van der Waals surface area contributed by atoms with Gasteiger partial charge >= 0.3 is 0 Å². The number of methoxy groups -OCH3 is 2. The Morgan fingerprint density at radius 3 is 2.37 bits per heavy atom. The predicted octanol–water partition coefficient (Wildman–Crippen LogP) is 1.69. The first-order valence-corrected chi connectivity index (χ1v) is 9.11. The molecule has 0 atom stereocenters. The van der Waals surface area contributed by atoms with E-state index in [1.807, 2.05) is 36.1 Å². The largest absolute Gasteiger partial charge is 0.496 e. The summed E-state index contributed by atoms with van der Waals surface area (Å²) in [5.41, 5.74) is 2.58. The van der Waals surface area contributed by atoms with Gasteiger partial charge < -0.3 is 19.3 Å². The molecule has 0 saturated carbocycles. The number of hydrogen-bond donors (Lipinski definition) is 1. The summed E-state index contributed by atoms with van der Waals surface area (Å²) in [4.78, 5) is 16.1. The highest BCUT2D eigenvalue weighted by Gasteiger charge is 2.26. The summed E-state index contributed by atoms with van der Waals surface area (Å²) in [5, 5.41) is 0. The minimum Gasteiger partial charge on any atom is -0.496 e. The van der Waals surface area contributed by atoms with Crippen molar-refractivity contribution in [2.75, 3.05) is 40.4 Å². The fourth-order valence-electron chi connectivity index (χ4n) is 3.47. The molecule has 0 radical (unpaired) electrons. The number of amides is 1. The van der Waals surface area contributed by atoms with Crippen LogP contribution in [0.1, 0.15) is 21.5 Å². The van der Waals surface area contributed by atoms with Crippen LogP contribution in [0, 0.1) is 12.7 Å². The number of halogens is 1. The van der Waals surface area contributed by atoms with Crippen molar-refractivity contribution in [3.05, 3.63) is 58.9 Å². The molecule has 0 spiro atoms. The number of carbonyl (C=O) groups is 1. The van der Waals surface area contributed by atoms with Gasteiger partial charge in [0.05, 0.1) is 46.0 Å². The second-order valence-corrected chi connectivity index (χ2v) is 6.89. The number of ether oxygens (including phenoxy) is 2. The molecule has 1 amide bonds. The van der Waals surface area contributed by atoms with Gasteiger partial charge in [0.25, 0.3) is 5.91 Å². The highest BCUT2D eigenvalue weighted by atomic mass is 19.1. The Balaban J connectivity index is 1.61. The van der Waals surface area contributed by atoms with Crippen molar-refractivity contribution < 1.29 is 23.6 Å². The topological polar surface area (TPSA) is 43.2 Å². The summed E-state index contributed by atoms with van der Waals surface area (Å²) >= 11 is 0. The summed E-state index contributed by atoms with van der Waals surface area (Å²) in [6.45, 7) is 5.69. The molecule has 2 aromatic rings. The number of piperazine rings is 1. The molecule has 0 aromatic heterocycles. The number of benzene rings is 2. The minimum atomic E-state index is -0.338. The first kappa shape index (κ1) is 19.2. The van der Waals surface area contributed by atoms with E-state index >= 15 is 0 Å². The maximum absolute atomic E-state index is 13.9. The van der Waals surface area contributed by atoms with E-state index in [2.05, 4.69) is 0 Å². The number of hydrogen-bond acceptors (Lipinski definition) is 3. The van der Waals surface area contributed by atoms with Gasteiger partial charge in [-0.05, 0) is 37.3 Å². The number of nitrogens with zero attached hydrogens (tertiary/aromatic N) is 1. The summed E-state index contributed by atoms with van der Waals surface area (Å²) in [6, 6.07) is 10.7. The Labute approximate surface area is 159 Å².